The topological polar surface area (TPSA) is 75.2 Å². The molecule has 1 N–H and O–H groups in total. The van der Waals surface area contributed by atoms with Gasteiger partial charge in [0.2, 0.25) is 5.91 Å². The van der Waals surface area contributed by atoms with E-state index in [2.05, 4.69) is 20.4 Å². The summed E-state index contributed by atoms with van der Waals surface area (Å²) in [5, 5.41) is 11.0. The Morgan fingerprint density at radius 3 is 2.26 bits per heavy atom. The van der Waals surface area contributed by atoms with E-state index < -0.39 is 0 Å². The summed E-state index contributed by atoms with van der Waals surface area (Å²) in [7, 11) is 0. The van der Waals surface area contributed by atoms with Crippen LogP contribution in [-0.2, 0) is 9.59 Å². The molecule has 0 atom stereocenters. The van der Waals surface area contributed by atoms with Crippen molar-refractivity contribution in [3.05, 3.63) is 12.1 Å². The molecule has 1 aliphatic heterocycles. The number of aromatic nitrogens is 2. The Bertz CT molecular complexity index is 552. The SMILES string of the molecule is CC(C)C(=O)Nc1ccc(N2CCC(C(=O)C(C)C)CC2)nn1.[HH]. The van der Waals surface area contributed by atoms with Crippen LogP contribution in [0, 0.1) is 17.8 Å². The van der Waals surface area contributed by atoms with Crippen LogP contribution in [0.15, 0.2) is 12.1 Å². The van der Waals surface area contributed by atoms with Gasteiger partial charge in [0.25, 0.3) is 0 Å². The molecule has 6 heteroatoms. The van der Waals surface area contributed by atoms with E-state index in [-0.39, 0.29) is 25.1 Å². The summed E-state index contributed by atoms with van der Waals surface area (Å²) >= 11 is 0. The summed E-state index contributed by atoms with van der Waals surface area (Å²) in [6.07, 6.45) is 1.73. The molecule has 0 saturated carbocycles. The zero-order chi connectivity index (χ0) is 17.0. The maximum absolute atomic E-state index is 12.1. The number of hydrogen-bond acceptors (Lipinski definition) is 5. The number of carbonyl (C=O) groups is 2. The summed E-state index contributed by atoms with van der Waals surface area (Å²) in [4.78, 5) is 25.8. The highest BCUT2D eigenvalue weighted by Crippen LogP contribution is 2.24. The first-order chi connectivity index (χ1) is 10.9. The fourth-order valence-electron chi connectivity index (χ4n) is 2.70. The number of piperidine rings is 1. The van der Waals surface area contributed by atoms with Crippen molar-refractivity contribution in [2.45, 2.75) is 40.5 Å². The minimum Gasteiger partial charge on any atom is -0.355 e. The Balaban J connectivity index is 0.00000288. The number of hydrogen-bond donors (Lipinski definition) is 1. The van der Waals surface area contributed by atoms with E-state index in [1.54, 1.807) is 6.07 Å². The highest BCUT2D eigenvalue weighted by atomic mass is 16.2. The van der Waals surface area contributed by atoms with Gasteiger partial charge in [-0.25, -0.2) is 0 Å². The largest absolute Gasteiger partial charge is 0.355 e. The molecule has 1 aromatic heterocycles. The molecular weight excluding hydrogens is 292 g/mol. The van der Waals surface area contributed by atoms with Crippen molar-refractivity contribution < 1.29 is 11.0 Å². The van der Waals surface area contributed by atoms with E-state index in [1.165, 1.54) is 0 Å². The molecule has 1 fully saturated rings. The van der Waals surface area contributed by atoms with Crippen molar-refractivity contribution in [1.29, 1.82) is 0 Å². The van der Waals surface area contributed by atoms with E-state index >= 15 is 0 Å². The maximum atomic E-state index is 12.1. The molecule has 0 radical (unpaired) electrons. The van der Waals surface area contributed by atoms with Crippen molar-refractivity contribution >= 4 is 23.3 Å². The number of nitrogens with one attached hydrogen (secondary N) is 1. The van der Waals surface area contributed by atoms with E-state index in [9.17, 15) is 9.59 Å². The molecule has 0 aromatic carbocycles. The Hall–Kier alpha value is -1.98. The molecular formula is C17H28N4O2. The van der Waals surface area contributed by atoms with Gasteiger partial charge in [0.15, 0.2) is 11.6 Å². The number of amides is 1. The van der Waals surface area contributed by atoms with E-state index in [0.717, 1.165) is 31.7 Å². The Morgan fingerprint density at radius 2 is 1.78 bits per heavy atom. The van der Waals surface area contributed by atoms with Gasteiger partial charge in [-0.2, -0.15) is 0 Å². The lowest BCUT2D eigenvalue weighted by Crippen LogP contribution is -2.38. The second-order valence-corrected chi connectivity index (χ2v) is 6.74. The van der Waals surface area contributed by atoms with Gasteiger partial charge in [0.05, 0.1) is 0 Å². The monoisotopic (exact) mass is 320 g/mol. The minimum atomic E-state index is -0.0889. The molecule has 0 aliphatic carbocycles. The smallest absolute Gasteiger partial charge is 0.228 e. The summed E-state index contributed by atoms with van der Waals surface area (Å²) in [5.74, 6) is 1.75. The lowest BCUT2D eigenvalue weighted by Gasteiger charge is -2.32. The van der Waals surface area contributed by atoms with Crippen molar-refractivity contribution in [2.24, 2.45) is 17.8 Å². The van der Waals surface area contributed by atoms with Crippen LogP contribution in [0.5, 0.6) is 0 Å². The third-order valence-corrected chi connectivity index (χ3v) is 4.22. The average molecular weight is 320 g/mol. The molecule has 2 rings (SSSR count). The first-order valence-electron chi connectivity index (χ1n) is 8.31. The Labute approximate surface area is 139 Å². The standard InChI is InChI=1S/C17H26N4O2.H2/c1-11(2)16(22)13-7-9-21(10-8-13)15-6-5-14(19-20-15)18-17(23)12(3)4;/h5-6,11-13H,7-10H2,1-4H3,(H,18,19,23);1H. The number of ketones is 1. The van der Waals surface area contributed by atoms with Gasteiger partial charge >= 0.3 is 0 Å². The van der Waals surface area contributed by atoms with Crippen LogP contribution < -0.4 is 10.2 Å². The normalized spacial score (nSPS) is 16.0. The van der Waals surface area contributed by atoms with E-state index in [1.807, 2.05) is 33.8 Å². The quantitative estimate of drug-likeness (QED) is 0.903. The minimum absolute atomic E-state index is 0. The molecule has 0 unspecified atom stereocenters. The summed E-state index contributed by atoms with van der Waals surface area (Å²) < 4.78 is 0. The molecule has 2 heterocycles. The number of carbonyl (C=O) groups excluding carboxylic acids is 2. The van der Waals surface area contributed by atoms with Crippen molar-refractivity contribution in [3.8, 4) is 0 Å². The molecule has 23 heavy (non-hydrogen) atoms. The van der Waals surface area contributed by atoms with Crippen LogP contribution in [-0.4, -0.2) is 35.0 Å². The van der Waals surface area contributed by atoms with Gasteiger partial charge in [-0.15, -0.1) is 10.2 Å². The Kier molecular flexibility index (Phi) is 5.69. The van der Waals surface area contributed by atoms with Crippen LogP contribution in [0.3, 0.4) is 0 Å². The van der Waals surface area contributed by atoms with Crippen molar-refractivity contribution in [1.82, 2.24) is 10.2 Å². The van der Waals surface area contributed by atoms with E-state index in [0.29, 0.717) is 11.6 Å². The van der Waals surface area contributed by atoms with Crippen LogP contribution in [0.2, 0.25) is 0 Å². The Morgan fingerprint density at radius 1 is 1.13 bits per heavy atom. The second kappa shape index (κ2) is 7.53. The molecule has 0 spiro atoms. The highest BCUT2D eigenvalue weighted by molar-refractivity contribution is 5.91. The predicted octanol–water partition coefficient (Wildman–Crippen LogP) is 2.76. The molecule has 1 aromatic rings. The third kappa shape index (κ3) is 4.50. The fourth-order valence-corrected chi connectivity index (χ4v) is 2.70. The van der Waals surface area contributed by atoms with Gasteiger partial charge in [-0.1, -0.05) is 27.7 Å². The zero-order valence-electron chi connectivity index (χ0n) is 14.4. The molecule has 1 aliphatic rings. The predicted molar refractivity (Wildman–Crippen MR) is 92.4 cm³/mol. The van der Waals surface area contributed by atoms with Crippen LogP contribution in [0.1, 0.15) is 42.0 Å². The van der Waals surface area contributed by atoms with Gasteiger partial charge in [0.1, 0.15) is 5.78 Å². The highest BCUT2D eigenvalue weighted by Gasteiger charge is 2.27. The van der Waals surface area contributed by atoms with Crippen molar-refractivity contribution in [3.63, 3.8) is 0 Å². The molecule has 1 saturated heterocycles. The van der Waals surface area contributed by atoms with Crippen LogP contribution >= 0.6 is 0 Å². The molecule has 1 amide bonds. The molecule has 6 nitrogen and oxygen atoms in total. The summed E-state index contributed by atoms with van der Waals surface area (Å²) in [6, 6.07) is 3.64. The van der Waals surface area contributed by atoms with Gasteiger partial charge in [-0.3, -0.25) is 9.59 Å². The van der Waals surface area contributed by atoms with Gasteiger partial charge in [0, 0.05) is 32.3 Å². The average Bonchev–Trinajstić information content (AvgIpc) is 2.55. The van der Waals surface area contributed by atoms with E-state index in [4.69, 9.17) is 0 Å². The summed E-state index contributed by atoms with van der Waals surface area (Å²) in [5.41, 5.74) is 0. The maximum Gasteiger partial charge on any atom is 0.228 e. The first kappa shape index (κ1) is 17.4. The van der Waals surface area contributed by atoms with Crippen LogP contribution in [0.4, 0.5) is 11.6 Å². The number of nitrogens with zero attached hydrogens (tertiary/aromatic N) is 3. The van der Waals surface area contributed by atoms with Crippen LogP contribution in [0.25, 0.3) is 0 Å². The van der Waals surface area contributed by atoms with Gasteiger partial charge < -0.3 is 10.2 Å². The van der Waals surface area contributed by atoms with Gasteiger partial charge in [-0.05, 0) is 25.0 Å². The number of anilines is 2. The number of Topliss-reactive ketones (excluding diaryl/α,β-unsaturated/α-hetero) is 1. The lowest BCUT2D eigenvalue weighted by molar-refractivity contribution is -0.126. The fraction of sp³-hybridized carbons (Fsp3) is 0.647. The molecule has 128 valence electrons. The lowest BCUT2D eigenvalue weighted by atomic mass is 9.87. The first-order valence-corrected chi connectivity index (χ1v) is 8.31. The zero-order valence-corrected chi connectivity index (χ0v) is 14.4. The second-order valence-electron chi connectivity index (χ2n) is 6.74. The third-order valence-electron chi connectivity index (χ3n) is 4.22. The molecule has 0 bridgehead atoms. The number of rotatable bonds is 5. The summed E-state index contributed by atoms with van der Waals surface area (Å²) in [6.45, 7) is 9.22. The van der Waals surface area contributed by atoms with Crippen molar-refractivity contribution in [2.75, 3.05) is 23.3 Å².